The van der Waals surface area contributed by atoms with Crippen LogP contribution in [0.1, 0.15) is 68.9 Å². The zero-order valence-electron chi connectivity index (χ0n) is 24.7. The molecule has 2 atom stereocenters. The number of esters is 1. The highest BCUT2D eigenvalue weighted by molar-refractivity contribution is 6.03. The smallest absolute Gasteiger partial charge is 0.338 e. The van der Waals surface area contributed by atoms with Gasteiger partial charge in [0.1, 0.15) is 6.10 Å². The molecule has 5 N–H and O–H groups in total. The van der Waals surface area contributed by atoms with Crippen LogP contribution in [0.25, 0.3) is 0 Å². The Labute approximate surface area is 252 Å². The van der Waals surface area contributed by atoms with E-state index < -0.39 is 24.0 Å². The Bertz CT molecular complexity index is 1410. The second-order valence-electron chi connectivity index (χ2n) is 10.6. The SMILES string of the molecule is CCCN(CCC)C(=O)c1cc(C(N)=O)cc(C(=O)OC(CNCc2ccccc2)C(N)Cc2ccc3c(c2)OCO3)c1. The summed E-state index contributed by atoms with van der Waals surface area (Å²) in [5.74, 6) is -0.423. The van der Waals surface area contributed by atoms with Crippen LogP contribution in [0.4, 0.5) is 0 Å². The lowest BCUT2D eigenvalue weighted by molar-refractivity contribution is 0.0238. The third-order valence-corrected chi connectivity index (χ3v) is 7.14. The third-order valence-electron chi connectivity index (χ3n) is 7.14. The van der Waals surface area contributed by atoms with Gasteiger partial charge < -0.3 is 35.9 Å². The number of nitrogens with two attached hydrogens (primary N) is 2. The Hall–Kier alpha value is -4.41. The summed E-state index contributed by atoms with van der Waals surface area (Å²) in [6, 6.07) is 19.1. The van der Waals surface area contributed by atoms with Gasteiger partial charge >= 0.3 is 5.97 Å². The van der Waals surface area contributed by atoms with Crippen molar-refractivity contribution in [3.8, 4) is 11.5 Å². The van der Waals surface area contributed by atoms with Crippen LogP contribution in [0.15, 0.2) is 66.7 Å². The molecule has 1 aliphatic heterocycles. The van der Waals surface area contributed by atoms with Gasteiger partial charge in [-0.1, -0.05) is 50.2 Å². The van der Waals surface area contributed by atoms with E-state index >= 15 is 0 Å². The number of carbonyl (C=O) groups excluding carboxylic acids is 3. The van der Waals surface area contributed by atoms with Gasteiger partial charge in [0.05, 0.1) is 5.56 Å². The molecule has 0 fully saturated rings. The number of carbonyl (C=O) groups is 3. The molecule has 3 aromatic carbocycles. The molecule has 2 unspecified atom stereocenters. The van der Waals surface area contributed by atoms with Crippen molar-refractivity contribution in [2.24, 2.45) is 11.5 Å². The van der Waals surface area contributed by atoms with E-state index in [1.54, 1.807) is 4.90 Å². The lowest BCUT2D eigenvalue weighted by Crippen LogP contribution is -2.46. The van der Waals surface area contributed by atoms with Crippen molar-refractivity contribution >= 4 is 17.8 Å². The lowest BCUT2D eigenvalue weighted by atomic mass is 10.0. The summed E-state index contributed by atoms with van der Waals surface area (Å²) in [6.45, 7) is 6.06. The van der Waals surface area contributed by atoms with Crippen LogP contribution in [0.3, 0.4) is 0 Å². The van der Waals surface area contributed by atoms with Gasteiger partial charge in [-0.15, -0.1) is 0 Å². The molecule has 4 rings (SSSR count). The van der Waals surface area contributed by atoms with E-state index in [0.29, 0.717) is 37.6 Å². The zero-order chi connectivity index (χ0) is 30.8. The highest BCUT2D eigenvalue weighted by atomic mass is 16.7. The van der Waals surface area contributed by atoms with Gasteiger partial charge in [-0.3, -0.25) is 9.59 Å². The number of ether oxygens (including phenoxy) is 3. The minimum Gasteiger partial charge on any atom is -0.456 e. The Balaban J connectivity index is 1.56. The standard InChI is InChI=1S/C33H40N4O6/c1-3-12-37(13-4-2)32(39)25-16-24(31(35)38)17-26(18-25)33(40)43-30(20-36-19-22-8-6-5-7-9-22)27(34)14-23-10-11-28-29(15-23)42-21-41-28/h5-11,15-18,27,30,36H,3-4,12-14,19-21,34H2,1-2H3,(H2,35,38). The summed E-state index contributed by atoms with van der Waals surface area (Å²) in [7, 11) is 0. The van der Waals surface area contributed by atoms with Crippen LogP contribution in [0.2, 0.25) is 0 Å². The average Bonchev–Trinajstić information content (AvgIpc) is 3.48. The molecule has 228 valence electrons. The summed E-state index contributed by atoms with van der Waals surface area (Å²) in [6.07, 6.45) is 1.20. The highest BCUT2D eigenvalue weighted by Gasteiger charge is 2.26. The Morgan fingerprint density at radius 1 is 0.884 bits per heavy atom. The van der Waals surface area contributed by atoms with Gasteiger partial charge in [-0.05, 0) is 60.7 Å². The van der Waals surface area contributed by atoms with Crippen molar-refractivity contribution in [2.75, 3.05) is 26.4 Å². The summed E-state index contributed by atoms with van der Waals surface area (Å²) in [5.41, 5.74) is 14.5. The molecule has 0 radical (unpaired) electrons. The van der Waals surface area contributed by atoms with Crippen LogP contribution < -0.4 is 26.3 Å². The van der Waals surface area contributed by atoms with Gasteiger partial charge in [0.2, 0.25) is 12.7 Å². The van der Waals surface area contributed by atoms with Crippen molar-refractivity contribution in [2.45, 2.75) is 51.8 Å². The average molecular weight is 589 g/mol. The molecule has 0 saturated heterocycles. The Morgan fingerprint density at radius 2 is 1.56 bits per heavy atom. The van der Waals surface area contributed by atoms with E-state index in [1.165, 1.54) is 18.2 Å². The maximum absolute atomic E-state index is 13.6. The molecule has 1 heterocycles. The number of rotatable bonds is 15. The molecule has 10 heteroatoms. The van der Waals surface area contributed by atoms with Crippen LogP contribution in [-0.4, -0.2) is 61.3 Å². The van der Waals surface area contributed by atoms with Gasteiger partial charge in [0.25, 0.3) is 5.91 Å². The van der Waals surface area contributed by atoms with Gasteiger partial charge in [-0.25, -0.2) is 4.79 Å². The molecule has 0 spiro atoms. The van der Waals surface area contributed by atoms with Crippen LogP contribution in [0.5, 0.6) is 11.5 Å². The van der Waals surface area contributed by atoms with Crippen molar-refractivity contribution < 1.29 is 28.6 Å². The molecule has 3 aromatic rings. The van der Waals surface area contributed by atoms with Crippen LogP contribution in [-0.2, 0) is 17.7 Å². The number of hydrogen-bond acceptors (Lipinski definition) is 8. The molecule has 0 bridgehead atoms. The largest absolute Gasteiger partial charge is 0.456 e. The molecular weight excluding hydrogens is 548 g/mol. The molecule has 10 nitrogen and oxygen atoms in total. The minimum atomic E-state index is -0.748. The van der Waals surface area contributed by atoms with Gasteiger partial charge in [-0.2, -0.15) is 0 Å². The molecule has 0 saturated carbocycles. The topological polar surface area (TPSA) is 146 Å². The maximum atomic E-state index is 13.6. The first-order chi connectivity index (χ1) is 20.8. The lowest BCUT2D eigenvalue weighted by Gasteiger charge is -2.25. The second-order valence-corrected chi connectivity index (χ2v) is 10.6. The van der Waals surface area contributed by atoms with Crippen molar-refractivity contribution in [3.05, 3.63) is 94.5 Å². The monoisotopic (exact) mass is 588 g/mol. The Kier molecular flexibility index (Phi) is 11.1. The van der Waals surface area contributed by atoms with E-state index in [0.717, 1.165) is 24.0 Å². The number of primary amides is 1. The molecule has 0 aromatic heterocycles. The normalized spacial score (nSPS) is 13.3. The van der Waals surface area contributed by atoms with Crippen molar-refractivity contribution in [1.29, 1.82) is 0 Å². The van der Waals surface area contributed by atoms with E-state index in [-0.39, 0.29) is 35.9 Å². The minimum absolute atomic E-state index is 0.0501. The third kappa shape index (κ3) is 8.56. The maximum Gasteiger partial charge on any atom is 0.338 e. The van der Waals surface area contributed by atoms with Crippen molar-refractivity contribution in [3.63, 3.8) is 0 Å². The summed E-state index contributed by atoms with van der Waals surface area (Å²) in [4.78, 5) is 40.7. The first-order valence-corrected chi connectivity index (χ1v) is 14.6. The quantitative estimate of drug-likeness (QED) is 0.228. The number of nitrogens with one attached hydrogen (secondary N) is 1. The fourth-order valence-electron chi connectivity index (χ4n) is 4.96. The number of amides is 2. The molecule has 43 heavy (non-hydrogen) atoms. The molecule has 2 amide bonds. The highest BCUT2D eigenvalue weighted by Crippen LogP contribution is 2.33. The number of benzene rings is 3. The zero-order valence-corrected chi connectivity index (χ0v) is 24.7. The summed E-state index contributed by atoms with van der Waals surface area (Å²) < 4.78 is 16.9. The second kappa shape index (κ2) is 15.2. The Morgan fingerprint density at radius 3 is 2.26 bits per heavy atom. The summed E-state index contributed by atoms with van der Waals surface area (Å²) in [5, 5.41) is 3.33. The molecule has 1 aliphatic rings. The number of nitrogens with zero attached hydrogens (tertiary/aromatic N) is 1. The summed E-state index contributed by atoms with van der Waals surface area (Å²) >= 11 is 0. The number of fused-ring (bicyclic) bond motifs is 1. The first-order valence-electron chi connectivity index (χ1n) is 14.6. The van der Waals surface area contributed by atoms with E-state index in [2.05, 4.69) is 5.32 Å². The van der Waals surface area contributed by atoms with Gasteiger partial charge in [0, 0.05) is 43.3 Å². The first kappa shape index (κ1) is 31.5. The van der Waals surface area contributed by atoms with E-state index in [4.69, 9.17) is 25.7 Å². The van der Waals surface area contributed by atoms with Crippen molar-refractivity contribution in [1.82, 2.24) is 10.2 Å². The predicted octanol–water partition coefficient (Wildman–Crippen LogP) is 3.66. The van der Waals surface area contributed by atoms with Crippen LogP contribution >= 0.6 is 0 Å². The van der Waals surface area contributed by atoms with Gasteiger partial charge in [0.15, 0.2) is 11.5 Å². The van der Waals surface area contributed by atoms with E-state index in [1.807, 2.05) is 62.4 Å². The molecule has 0 aliphatic carbocycles. The van der Waals surface area contributed by atoms with E-state index in [9.17, 15) is 14.4 Å². The van der Waals surface area contributed by atoms with Crippen LogP contribution in [0, 0.1) is 0 Å². The number of hydrogen-bond donors (Lipinski definition) is 3. The molecular formula is C33H40N4O6. The fraction of sp³-hybridized carbons (Fsp3) is 0.364. The fourth-order valence-corrected chi connectivity index (χ4v) is 4.96. The predicted molar refractivity (Wildman–Crippen MR) is 163 cm³/mol.